The number of ether oxygens (including phenoxy) is 2. The molecular weight excluding hydrogens is 464 g/mol. The summed E-state index contributed by atoms with van der Waals surface area (Å²) >= 11 is 1.23. The molecule has 0 amide bonds. The second kappa shape index (κ2) is 10.7. The molecule has 9 nitrogen and oxygen atoms in total. The lowest BCUT2D eigenvalue weighted by Gasteiger charge is -2.25. The second-order valence-corrected chi connectivity index (χ2v) is 10.3. The molecule has 4 rings (SSSR count). The number of para-hydroxylation sites is 1. The van der Waals surface area contributed by atoms with E-state index >= 15 is 0 Å². The van der Waals surface area contributed by atoms with Crippen LogP contribution in [-0.4, -0.2) is 66.8 Å². The Morgan fingerprint density at radius 1 is 1.15 bits per heavy atom. The first-order valence-corrected chi connectivity index (χ1v) is 13.1. The molecule has 0 N–H and O–H groups in total. The molecule has 0 bridgehead atoms. The number of aromatic nitrogens is 3. The minimum Gasteiger partial charge on any atom is -0.382 e. The van der Waals surface area contributed by atoms with Gasteiger partial charge in [-0.3, -0.25) is 9.36 Å². The summed E-state index contributed by atoms with van der Waals surface area (Å²) in [6, 6.07) is 10.4. The van der Waals surface area contributed by atoms with Crippen molar-refractivity contribution < 1.29 is 17.9 Å². The third kappa shape index (κ3) is 5.44. The normalized spacial score (nSPS) is 15.2. The molecule has 11 heteroatoms. The zero-order valence-corrected chi connectivity index (χ0v) is 20.0. The summed E-state index contributed by atoms with van der Waals surface area (Å²) < 4.78 is 39.3. The Bertz CT molecular complexity index is 1260. The van der Waals surface area contributed by atoms with Crippen molar-refractivity contribution in [2.75, 3.05) is 39.5 Å². The Morgan fingerprint density at radius 2 is 1.94 bits per heavy atom. The number of sulfonamides is 1. The third-order valence-corrected chi connectivity index (χ3v) is 8.04. The number of benzene rings is 1. The molecule has 0 spiro atoms. The average molecular weight is 491 g/mol. The molecule has 1 aromatic carbocycles. The molecule has 0 radical (unpaired) electrons. The lowest BCUT2D eigenvalue weighted by Crippen LogP contribution is -2.40. The molecule has 3 heterocycles. The molecule has 1 aliphatic rings. The van der Waals surface area contributed by atoms with Gasteiger partial charge in [0.2, 0.25) is 10.0 Å². The molecule has 0 atom stereocenters. The Hall–Kier alpha value is -2.31. The van der Waals surface area contributed by atoms with Crippen molar-refractivity contribution in [3.63, 3.8) is 0 Å². The summed E-state index contributed by atoms with van der Waals surface area (Å²) in [7, 11) is -3.62. The van der Waals surface area contributed by atoms with Gasteiger partial charge in [-0.2, -0.15) is 4.31 Å². The van der Waals surface area contributed by atoms with Gasteiger partial charge in [0.05, 0.1) is 24.1 Å². The highest BCUT2D eigenvalue weighted by Gasteiger charge is 2.26. The fourth-order valence-corrected chi connectivity index (χ4v) is 5.71. The fourth-order valence-electron chi connectivity index (χ4n) is 3.50. The largest absolute Gasteiger partial charge is 0.382 e. The summed E-state index contributed by atoms with van der Waals surface area (Å²) in [5, 5.41) is 1.61. The van der Waals surface area contributed by atoms with Gasteiger partial charge in [-0.05, 0) is 49.4 Å². The summed E-state index contributed by atoms with van der Waals surface area (Å²) in [4.78, 5) is 22.3. The fraction of sp³-hybridized carbons (Fsp3) is 0.409. The number of pyridine rings is 1. The zero-order chi connectivity index (χ0) is 23.3. The van der Waals surface area contributed by atoms with Crippen molar-refractivity contribution in [2.24, 2.45) is 0 Å². The Balaban J connectivity index is 1.60. The van der Waals surface area contributed by atoms with Crippen molar-refractivity contribution in [2.45, 2.75) is 35.0 Å². The average Bonchev–Trinajstić information content (AvgIpc) is 2.84. The van der Waals surface area contributed by atoms with Crippen LogP contribution in [-0.2, 0) is 26.0 Å². The maximum Gasteiger partial charge on any atom is 0.262 e. The molecule has 1 aliphatic heterocycles. The van der Waals surface area contributed by atoms with Gasteiger partial charge >= 0.3 is 0 Å². The van der Waals surface area contributed by atoms with E-state index in [1.54, 1.807) is 28.8 Å². The van der Waals surface area contributed by atoms with Crippen LogP contribution in [0.3, 0.4) is 0 Å². The smallest absolute Gasteiger partial charge is 0.262 e. The van der Waals surface area contributed by atoms with Gasteiger partial charge in [-0.25, -0.2) is 18.4 Å². The van der Waals surface area contributed by atoms with Crippen LogP contribution in [0.2, 0.25) is 0 Å². The predicted octanol–water partition coefficient (Wildman–Crippen LogP) is 2.39. The van der Waals surface area contributed by atoms with Gasteiger partial charge in [0.25, 0.3) is 5.56 Å². The van der Waals surface area contributed by atoms with E-state index in [9.17, 15) is 13.2 Å². The highest BCUT2D eigenvalue weighted by atomic mass is 32.2. The molecule has 0 aliphatic carbocycles. The summed E-state index contributed by atoms with van der Waals surface area (Å²) in [5.74, 6) is 0. The number of fused-ring (bicyclic) bond motifs is 1. The van der Waals surface area contributed by atoms with Crippen LogP contribution < -0.4 is 5.56 Å². The van der Waals surface area contributed by atoms with Gasteiger partial charge in [-0.1, -0.05) is 12.1 Å². The van der Waals surface area contributed by atoms with Crippen molar-refractivity contribution in [1.29, 1.82) is 0 Å². The molecule has 176 valence electrons. The maximum absolute atomic E-state index is 13.1. The number of hydrogen-bond acceptors (Lipinski definition) is 8. The van der Waals surface area contributed by atoms with Gasteiger partial charge in [0.1, 0.15) is 9.92 Å². The van der Waals surface area contributed by atoms with E-state index in [0.717, 1.165) is 0 Å². The van der Waals surface area contributed by atoms with Crippen LogP contribution >= 0.6 is 11.8 Å². The van der Waals surface area contributed by atoms with Crippen molar-refractivity contribution in [3.05, 3.63) is 52.9 Å². The highest BCUT2D eigenvalue weighted by Crippen LogP contribution is 2.26. The first-order valence-electron chi connectivity index (χ1n) is 10.8. The minimum atomic E-state index is -3.62. The highest BCUT2D eigenvalue weighted by molar-refractivity contribution is 7.99. The molecule has 1 fully saturated rings. The second-order valence-electron chi connectivity index (χ2n) is 7.37. The standard InChI is InChI=1S/C22H26N4O5S2/c1-2-30-13-5-10-26-21(27)18-6-3-4-7-19(18)24-22(26)32-20-9-8-17(16-23-20)33(28,29)25-11-14-31-15-12-25/h3-4,6-9,16H,2,5,10-15H2,1H3. The summed E-state index contributed by atoms with van der Waals surface area (Å²) in [5.41, 5.74) is 0.490. The van der Waals surface area contributed by atoms with Crippen molar-refractivity contribution in [3.8, 4) is 0 Å². The molecule has 33 heavy (non-hydrogen) atoms. The zero-order valence-electron chi connectivity index (χ0n) is 18.3. The maximum atomic E-state index is 13.1. The van der Waals surface area contributed by atoms with E-state index in [1.165, 1.54) is 22.3 Å². The minimum absolute atomic E-state index is 0.119. The van der Waals surface area contributed by atoms with E-state index in [-0.39, 0.29) is 10.5 Å². The topological polar surface area (TPSA) is 104 Å². The predicted molar refractivity (Wildman–Crippen MR) is 125 cm³/mol. The molecule has 0 saturated carbocycles. The van der Waals surface area contributed by atoms with Crippen LogP contribution in [0.5, 0.6) is 0 Å². The van der Waals surface area contributed by atoms with Crippen LogP contribution in [0.15, 0.2) is 62.5 Å². The van der Waals surface area contributed by atoms with E-state index in [4.69, 9.17) is 9.47 Å². The lowest BCUT2D eigenvalue weighted by atomic mass is 10.2. The molecule has 3 aromatic rings. The molecular formula is C22H26N4O5S2. The van der Waals surface area contributed by atoms with Crippen molar-refractivity contribution in [1.82, 2.24) is 18.8 Å². The molecule has 1 saturated heterocycles. The number of nitrogens with zero attached hydrogens (tertiary/aromatic N) is 4. The van der Waals surface area contributed by atoms with Gasteiger partial charge in [0, 0.05) is 39.0 Å². The Labute approximate surface area is 196 Å². The third-order valence-electron chi connectivity index (χ3n) is 5.21. The summed E-state index contributed by atoms with van der Waals surface area (Å²) in [6.45, 7) is 4.98. The monoisotopic (exact) mass is 490 g/mol. The van der Waals surface area contributed by atoms with Crippen LogP contribution in [0.25, 0.3) is 10.9 Å². The quantitative estimate of drug-likeness (QED) is 0.333. The van der Waals surface area contributed by atoms with Gasteiger partial charge in [0.15, 0.2) is 5.16 Å². The number of rotatable bonds is 9. The van der Waals surface area contributed by atoms with E-state index in [0.29, 0.717) is 73.6 Å². The van der Waals surface area contributed by atoms with Crippen LogP contribution in [0.1, 0.15) is 13.3 Å². The van der Waals surface area contributed by atoms with Gasteiger partial charge in [-0.15, -0.1) is 0 Å². The van der Waals surface area contributed by atoms with Crippen molar-refractivity contribution >= 4 is 32.7 Å². The van der Waals surface area contributed by atoms with Crippen LogP contribution in [0, 0.1) is 0 Å². The summed E-state index contributed by atoms with van der Waals surface area (Å²) in [6.07, 6.45) is 2.02. The van der Waals surface area contributed by atoms with E-state index < -0.39 is 10.0 Å². The Morgan fingerprint density at radius 3 is 2.67 bits per heavy atom. The molecule has 0 unspecified atom stereocenters. The molecule has 2 aromatic heterocycles. The number of hydrogen-bond donors (Lipinski definition) is 0. The number of morpholine rings is 1. The van der Waals surface area contributed by atoms with Gasteiger partial charge < -0.3 is 9.47 Å². The van der Waals surface area contributed by atoms with E-state index in [2.05, 4.69) is 9.97 Å². The first kappa shape index (κ1) is 23.8. The van der Waals surface area contributed by atoms with E-state index in [1.807, 2.05) is 19.1 Å². The van der Waals surface area contributed by atoms with Crippen LogP contribution in [0.4, 0.5) is 0 Å². The first-order chi connectivity index (χ1) is 16.0. The Kier molecular flexibility index (Phi) is 7.76. The SMILES string of the molecule is CCOCCCn1c(Sc2ccc(S(=O)(=O)N3CCOCC3)cn2)nc2ccccc2c1=O. The lowest BCUT2D eigenvalue weighted by molar-refractivity contribution is 0.0730.